The van der Waals surface area contributed by atoms with Gasteiger partial charge in [0, 0.05) is 6.08 Å². The van der Waals surface area contributed by atoms with Crippen LogP contribution in [-0.4, -0.2) is 18.7 Å². The average molecular weight is 145 g/mol. The Morgan fingerprint density at radius 3 is 2.90 bits per heavy atom. The number of nitrogens with two attached hydrogens (primary N) is 1. The molecule has 0 aliphatic rings. The highest BCUT2D eigenvalue weighted by atomic mass is 16.6. The summed E-state index contributed by atoms with van der Waals surface area (Å²) in [5.74, 6) is 4.26. The van der Waals surface area contributed by atoms with Gasteiger partial charge in [0.25, 0.3) is 0 Å². The van der Waals surface area contributed by atoms with Gasteiger partial charge in [0.15, 0.2) is 0 Å². The van der Waals surface area contributed by atoms with Crippen LogP contribution in [0.1, 0.15) is 6.92 Å². The summed E-state index contributed by atoms with van der Waals surface area (Å²) in [5, 5.41) is 0. The van der Waals surface area contributed by atoms with E-state index in [4.69, 9.17) is 5.90 Å². The first-order valence-corrected chi connectivity index (χ1v) is 2.85. The molecule has 0 radical (unpaired) electrons. The van der Waals surface area contributed by atoms with E-state index in [0.717, 1.165) is 6.08 Å². The number of esters is 1. The first kappa shape index (κ1) is 9.13. The molecule has 0 saturated heterocycles. The Hall–Kier alpha value is -0.870. The van der Waals surface area contributed by atoms with Gasteiger partial charge in [-0.25, -0.2) is 10.7 Å². The van der Waals surface area contributed by atoms with E-state index in [0.29, 0.717) is 0 Å². The lowest BCUT2D eigenvalue weighted by Gasteiger charge is -2.08. The quantitative estimate of drug-likeness (QED) is 0.343. The number of carbonyl (C=O) groups excluding carboxylic acids is 1. The van der Waals surface area contributed by atoms with Gasteiger partial charge in [-0.15, -0.1) is 0 Å². The molecule has 58 valence electrons. The van der Waals surface area contributed by atoms with Crippen LogP contribution in [0.4, 0.5) is 0 Å². The van der Waals surface area contributed by atoms with Crippen molar-refractivity contribution in [1.82, 2.24) is 0 Å². The molecule has 0 rings (SSSR count). The molecule has 4 heteroatoms. The summed E-state index contributed by atoms with van der Waals surface area (Å²) in [4.78, 5) is 14.7. The zero-order valence-electron chi connectivity index (χ0n) is 5.87. The molecule has 1 unspecified atom stereocenters. The molecule has 0 fully saturated rings. The van der Waals surface area contributed by atoms with Crippen molar-refractivity contribution in [3.63, 3.8) is 0 Å². The Labute approximate surface area is 59.6 Å². The number of hydrogen-bond donors (Lipinski definition) is 1. The largest absolute Gasteiger partial charge is 0.457 e. The van der Waals surface area contributed by atoms with Gasteiger partial charge in [0.1, 0.15) is 12.7 Å². The minimum atomic E-state index is -0.468. The van der Waals surface area contributed by atoms with Crippen molar-refractivity contribution in [1.29, 1.82) is 0 Å². The molecule has 0 aliphatic carbocycles. The topological polar surface area (TPSA) is 61.5 Å². The average Bonchev–Trinajstić information content (AvgIpc) is 1.88. The Morgan fingerprint density at radius 1 is 1.90 bits per heavy atom. The normalized spacial score (nSPS) is 12.2. The third-order valence-corrected chi connectivity index (χ3v) is 0.815. The van der Waals surface area contributed by atoms with Crippen LogP contribution < -0.4 is 5.90 Å². The fraction of sp³-hybridized carbons (Fsp3) is 0.500. The molecule has 0 spiro atoms. The van der Waals surface area contributed by atoms with Gasteiger partial charge >= 0.3 is 5.97 Å². The molecule has 2 N–H and O–H groups in total. The van der Waals surface area contributed by atoms with Crippen molar-refractivity contribution < 1.29 is 14.4 Å². The summed E-state index contributed by atoms with van der Waals surface area (Å²) in [7, 11) is 0. The van der Waals surface area contributed by atoms with Gasteiger partial charge in [-0.2, -0.15) is 0 Å². The van der Waals surface area contributed by atoms with Crippen molar-refractivity contribution in [2.75, 3.05) is 6.61 Å². The second kappa shape index (κ2) is 4.96. The van der Waals surface area contributed by atoms with E-state index in [1.807, 2.05) is 0 Å². The van der Waals surface area contributed by atoms with E-state index in [9.17, 15) is 4.79 Å². The summed E-state index contributed by atoms with van der Waals surface area (Å²) < 4.78 is 4.68. The Kier molecular flexibility index (Phi) is 4.53. The van der Waals surface area contributed by atoms with Crippen molar-refractivity contribution in [3.05, 3.63) is 12.7 Å². The van der Waals surface area contributed by atoms with Crippen LogP contribution in [0.5, 0.6) is 0 Å². The molecule has 4 nitrogen and oxygen atoms in total. The lowest BCUT2D eigenvalue weighted by atomic mass is 10.4. The van der Waals surface area contributed by atoms with E-state index in [-0.39, 0.29) is 12.7 Å². The smallest absolute Gasteiger partial charge is 0.330 e. The highest BCUT2D eigenvalue weighted by molar-refractivity contribution is 5.81. The molecular formula is C6H11NO3. The van der Waals surface area contributed by atoms with Crippen LogP contribution in [0.25, 0.3) is 0 Å². The summed E-state index contributed by atoms with van der Waals surface area (Å²) >= 11 is 0. The van der Waals surface area contributed by atoms with Gasteiger partial charge < -0.3 is 9.57 Å². The molecule has 0 amide bonds. The predicted molar refractivity (Wildman–Crippen MR) is 35.9 cm³/mol. The number of carbonyl (C=O) groups is 1. The van der Waals surface area contributed by atoms with Crippen molar-refractivity contribution in [2.45, 2.75) is 13.0 Å². The third-order valence-electron chi connectivity index (χ3n) is 0.815. The van der Waals surface area contributed by atoms with Gasteiger partial charge in [-0.1, -0.05) is 6.58 Å². The highest BCUT2D eigenvalue weighted by Crippen LogP contribution is 1.90. The van der Waals surface area contributed by atoms with Gasteiger partial charge in [-0.3, -0.25) is 0 Å². The maximum atomic E-state index is 10.5. The Morgan fingerprint density at radius 2 is 2.50 bits per heavy atom. The highest BCUT2D eigenvalue weighted by Gasteiger charge is 2.04. The minimum absolute atomic E-state index is 0.194. The summed E-state index contributed by atoms with van der Waals surface area (Å²) in [5.41, 5.74) is 0. The van der Waals surface area contributed by atoms with Gasteiger partial charge in [0.05, 0.1) is 0 Å². The fourth-order valence-corrected chi connectivity index (χ4v) is 0.416. The van der Waals surface area contributed by atoms with Gasteiger partial charge in [-0.05, 0) is 6.92 Å². The second-order valence-corrected chi connectivity index (χ2v) is 1.78. The predicted octanol–water partition coefficient (Wildman–Crippen LogP) is -0.00560. The van der Waals surface area contributed by atoms with Crippen LogP contribution in [0.3, 0.4) is 0 Å². The molecule has 0 saturated carbocycles. The third kappa shape index (κ3) is 4.05. The van der Waals surface area contributed by atoms with Crippen molar-refractivity contribution in [2.24, 2.45) is 5.90 Å². The molecule has 0 aromatic carbocycles. The lowest BCUT2D eigenvalue weighted by molar-refractivity contribution is -0.144. The minimum Gasteiger partial charge on any atom is -0.457 e. The van der Waals surface area contributed by atoms with Gasteiger partial charge in [0.2, 0.25) is 0 Å². The van der Waals surface area contributed by atoms with E-state index in [1.54, 1.807) is 6.92 Å². The van der Waals surface area contributed by atoms with Crippen LogP contribution in [0.15, 0.2) is 12.7 Å². The summed E-state index contributed by atoms with van der Waals surface area (Å²) in [6.07, 6.45) is 0.767. The van der Waals surface area contributed by atoms with Crippen LogP contribution in [0.2, 0.25) is 0 Å². The van der Waals surface area contributed by atoms with Crippen LogP contribution >= 0.6 is 0 Å². The molecule has 1 atom stereocenters. The first-order chi connectivity index (χ1) is 4.70. The van der Waals surface area contributed by atoms with Crippen LogP contribution in [0, 0.1) is 0 Å². The standard InChI is InChI=1S/C6H11NO3/c1-3-6(8)10-5(2)4-9-7/h3,5H,1,4,7H2,2H3. The fourth-order valence-electron chi connectivity index (χ4n) is 0.416. The number of ether oxygens (including phenoxy) is 1. The Balaban J connectivity index is 3.46. The van der Waals surface area contributed by atoms with E-state index < -0.39 is 5.97 Å². The summed E-state index contributed by atoms with van der Waals surface area (Å²) in [6, 6.07) is 0. The second-order valence-electron chi connectivity index (χ2n) is 1.78. The maximum Gasteiger partial charge on any atom is 0.330 e. The SMILES string of the molecule is C=CC(=O)OC(C)CON. The van der Waals surface area contributed by atoms with E-state index in [1.165, 1.54) is 0 Å². The maximum absolute atomic E-state index is 10.5. The number of hydrogen-bond acceptors (Lipinski definition) is 4. The van der Waals surface area contributed by atoms with Crippen molar-refractivity contribution in [3.8, 4) is 0 Å². The Bertz CT molecular complexity index is 124. The summed E-state index contributed by atoms with van der Waals surface area (Å²) in [6.45, 7) is 5.10. The molecule has 0 aliphatic heterocycles. The van der Waals surface area contributed by atoms with Crippen LogP contribution in [-0.2, 0) is 14.4 Å². The van der Waals surface area contributed by atoms with Crippen molar-refractivity contribution >= 4 is 5.97 Å². The molecular weight excluding hydrogens is 134 g/mol. The molecule has 0 aromatic rings. The molecule has 0 aromatic heterocycles. The van der Waals surface area contributed by atoms with E-state index >= 15 is 0 Å². The lowest BCUT2D eigenvalue weighted by Crippen LogP contribution is -2.20. The first-order valence-electron chi connectivity index (χ1n) is 2.85. The zero-order chi connectivity index (χ0) is 7.98. The van der Waals surface area contributed by atoms with E-state index in [2.05, 4.69) is 16.2 Å². The zero-order valence-corrected chi connectivity index (χ0v) is 5.87. The molecule has 0 heterocycles. The molecule has 0 bridgehead atoms. The number of rotatable bonds is 4. The molecule has 10 heavy (non-hydrogen) atoms. The monoisotopic (exact) mass is 145 g/mol.